The molecule has 154 valence electrons. The molecule has 0 aliphatic rings. The van der Waals surface area contributed by atoms with Crippen molar-refractivity contribution in [2.75, 3.05) is 17.6 Å². The zero-order valence-electron chi connectivity index (χ0n) is 16.1. The third-order valence-electron chi connectivity index (χ3n) is 4.41. The van der Waals surface area contributed by atoms with Crippen LogP contribution in [0.2, 0.25) is 0 Å². The van der Waals surface area contributed by atoms with Crippen LogP contribution >= 0.6 is 11.3 Å². The molecule has 0 saturated carbocycles. The van der Waals surface area contributed by atoms with Crippen LogP contribution in [0.4, 0.5) is 11.4 Å². The first kappa shape index (κ1) is 21.2. The fraction of sp³-hybridized carbons (Fsp3) is 0.143. The molecule has 2 amide bonds. The van der Waals surface area contributed by atoms with E-state index >= 15 is 0 Å². The minimum Gasteiger partial charge on any atom is -0.398 e. The van der Waals surface area contributed by atoms with E-state index in [-0.39, 0.29) is 16.8 Å². The number of hydrogen-bond acceptors (Lipinski definition) is 6. The zero-order chi connectivity index (χ0) is 21.5. The summed E-state index contributed by atoms with van der Waals surface area (Å²) in [7, 11) is 0. The molecule has 2 aromatic carbocycles. The van der Waals surface area contributed by atoms with Gasteiger partial charge in [0.15, 0.2) is 5.01 Å². The molecule has 0 aliphatic heterocycles. The smallest absolute Gasteiger partial charge is 0.307 e. The normalized spacial score (nSPS) is 12.4. The lowest BCUT2D eigenvalue weighted by molar-refractivity contribution is -0.117. The van der Waals surface area contributed by atoms with Gasteiger partial charge in [-0.2, -0.15) is 4.99 Å². The molecule has 8 nitrogen and oxygen atoms in total. The van der Waals surface area contributed by atoms with E-state index in [1.54, 1.807) is 23.6 Å². The van der Waals surface area contributed by atoms with E-state index < -0.39 is 11.8 Å². The average molecular weight is 423 g/mol. The molecule has 0 radical (unpaired) electrons. The predicted octanol–water partition coefficient (Wildman–Crippen LogP) is 2.34. The van der Waals surface area contributed by atoms with Crippen LogP contribution in [0.1, 0.15) is 33.3 Å². The molecule has 3 rings (SSSR count). The lowest BCUT2D eigenvalue weighted by atomic mass is 9.94. The Hall–Kier alpha value is -3.56. The highest BCUT2D eigenvalue weighted by Gasteiger charge is 2.20. The monoisotopic (exact) mass is 422 g/mol. The number of aromatic nitrogens is 1. The number of nitrogen functional groups attached to an aromatic ring is 1. The maximum atomic E-state index is 12.9. The molecule has 3 aromatic rings. The highest BCUT2D eigenvalue weighted by atomic mass is 32.1. The molecule has 1 aromatic heterocycles. The van der Waals surface area contributed by atoms with Crippen molar-refractivity contribution in [1.29, 1.82) is 0 Å². The number of rotatable bonds is 7. The van der Waals surface area contributed by atoms with Crippen LogP contribution in [0.15, 0.2) is 65.1 Å². The molecular weight excluding hydrogens is 400 g/mol. The van der Waals surface area contributed by atoms with Crippen molar-refractivity contribution in [3.63, 3.8) is 0 Å². The van der Waals surface area contributed by atoms with E-state index in [1.165, 1.54) is 17.5 Å². The number of nitrogens with two attached hydrogens (primary N) is 3. The number of nitrogens with one attached hydrogen (secondary N) is 1. The highest BCUT2D eigenvalue weighted by Crippen LogP contribution is 2.23. The minimum atomic E-state index is -0.552. The quantitative estimate of drug-likeness (QED) is 0.261. The van der Waals surface area contributed by atoms with Gasteiger partial charge in [0.25, 0.3) is 0 Å². The van der Waals surface area contributed by atoms with Gasteiger partial charge in [-0.25, -0.2) is 4.98 Å². The van der Waals surface area contributed by atoms with Gasteiger partial charge in [0.1, 0.15) is 5.84 Å². The Morgan fingerprint density at radius 3 is 2.60 bits per heavy atom. The number of nitrogens with zero attached hydrogens (tertiary/aromatic N) is 2. The second-order valence-electron chi connectivity index (χ2n) is 6.47. The molecule has 0 aliphatic carbocycles. The van der Waals surface area contributed by atoms with Gasteiger partial charge < -0.3 is 22.5 Å². The molecule has 0 spiro atoms. The van der Waals surface area contributed by atoms with Crippen molar-refractivity contribution in [3.05, 3.63) is 76.2 Å². The lowest BCUT2D eigenvalue weighted by Crippen LogP contribution is -2.24. The Balaban J connectivity index is 1.82. The van der Waals surface area contributed by atoms with E-state index in [4.69, 9.17) is 17.2 Å². The van der Waals surface area contributed by atoms with Gasteiger partial charge in [0.05, 0.1) is 5.92 Å². The second kappa shape index (κ2) is 9.77. The number of anilines is 2. The lowest BCUT2D eigenvalue weighted by Gasteiger charge is -2.17. The third kappa shape index (κ3) is 5.07. The Morgan fingerprint density at radius 1 is 1.17 bits per heavy atom. The van der Waals surface area contributed by atoms with Gasteiger partial charge in [-0.05, 0) is 36.7 Å². The molecule has 7 N–H and O–H groups in total. The van der Waals surface area contributed by atoms with Crippen LogP contribution in [0.3, 0.4) is 0 Å². The van der Waals surface area contributed by atoms with Crippen molar-refractivity contribution in [2.45, 2.75) is 12.3 Å². The van der Waals surface area contributed by atoms with Crippen molar-refractivity contribution in [3.8, 4) is 0 Å². The number of benzene rings is 2. The summed E-state index contributed by atoms with van der Waals surface area (Å²) in [6.45, 7) is 0.373. The van der Waals surface area contributed by atoms with E-state index in [2.05, 4.69) is 15.3 Å². The summed E-state index contributed by atoms with van der Waals surface area (Å²) in [5.41, 5.74) is 19.8. The first-order chi connectivity index (χ1) is 14.5. The summed E-state index contributed by atoms with van der Waals surface area (Å²) in [4.78, 5) is 32.8. The maximum Gasteiger partial charge on any atom is 0.307 e. The minimum absolute atomic E-state index is 0.0506. The van der Waals surface area contributed by atoms with Crippen LogP contribution in [-0.2, 0) is 4.79 Å². The van der Waals surface area contributed by atoms with Crippen LogP contribution < -0.4 is 22.5 Å². The van der Waals surface area contributed by atoms with Gasteiger partial charge in [-0.1, -0.05) is 30.3 Å². The molecule has 0 fully saturated rings. The van der Waals surface area contributed by atoms with E-state index in [9.17, 15) is 9.59 Å². The van der Waals surface area contributed by atoms with Crippen LogP contribution in [0.25, 0.3) is 0 Å². The van der Waals surface area contributed by atoms with E-state index in [1.807, 2.05) is 30.3 Å². The SMILES string of the molecule is NCCC(C(=O)Nc1ccc(N)c(C(N)=NC(=O)c2nccs2)c1)c1ccccc1. The van der Waals surface area contributed by atoms with Gasteiger partial charge in [-0.3, -0.25) is 9.59 Å². The first-order valence-corrected chi connectivity index (χ1v) is 10.1. The number of amides is 2. The van der Waals surface area contributed by atoms with Crippen LogP contribution in [0, 0.1) is 0 Å². The number of carbonyl (C=O) groups excluding carboxylic acids is 2. The van der Waals surface area contributed by atoms with E-state index in [0.717, 1.165) is 5.56 Å². The average Bonchev–Trinajstić information content (AvgIpc) is 3.29. The summed E-state index contributed by atoms with van der Waals surface area (Å²) < 4.78 is 0. The molecule has 1 atom stereocenters. The maximum absolute atomic E-state index is 12.9. The topological polar surface area (TPSA) is 149 Å². The summed E-state index contributed by atoms with van der Waals surface area (Å²) in [6.07, 6.45) is 2.02. The molecule has 0 saturated heterocycles. The Labute approximate surface area is 177 Å². The zero-order valence-corrected chi connectivity index (χ0v) is 16.9. The fourth-order valence-corrected chi connectivity index (χ4v) is 3.45. The number of thiazole rings is 1. The predicted molar refractivity (Wildman–Crippen MR) is 120 cm³/mol. The Kier molecular flexibility index (Phi) is 6.89. The van der Waals surface area contributed by atoms with Crippen molar-refractivity contribution >= 4 is 40.4 Å². The van der Waals surface area contributed by atoms with Gasteiger partial charge >= 0.3 is 5.91 Å². The number of carbonyl (C=O) groups is 2. The molecular formula is C21H22N6O2S. The molecule has 0 bridgehead atoms. The van der Waals surface area contributed by atoms with Crippen molar-refractivity contribution in [1.82, 2.24) is 4.98 Å². The Morgan fingerprint density at radius 2 is 1.93 bits per heavy atom. The van der Waals surface area contributed by atoms with Crippen molar-refractivity contribution < 1.29 is 9.59 Å². The summed E-state index contributed by atoms with van der Waals surface area (Å²) in [6, 6.07) is 14.3. The van der Waals surface area contributed by atoms with Gasteiger partial charge in [0, 0.05) is 28.5 Å². The van der Waals surface area contributed by atoms with E-state index in [0.29, 0.717) is 29.9 Å². The summed E-state index contributed by atoms with van der Waals surface area (Å²) >= 11 is 1.17. The third-order valence-corrected chi connectivity index (χ3v) is 5.17. The summed E-state index contributed by atoms with van der Waals surface area (Å²) in [5.74, 6) is -1.19. The molecule has 1 unspecified atom stereocenters. The number of aliphatic imine (C=N–C) groups is 1. The largest absolute Gasteiger partial charge is 0.398 e. The van der Waals surface area contributed by atoms with Gasteiger partial charge in [-0.15, -0.1) is 11.3 Å². The molecule has 9 heteroatoms. The van der Waals surface area contributed by atoms with Crippen LogP contribution in [0.5, 0.6) is 0 Å². The number of amidine groups is 1. The summed E-state index contributed by atoms with van der Waals surface area (Å²) in [5, 5.41) is 4.78. The van der Waals surface area contributed by atoms with Crippen molar-refractivity contribution in [2.24, 2.45) is 16.5 Å². The number of hydrogen-bond donors (Lipinski definition) is 4. The van der Waals surface area contributed by atoms with Crippen LogP contribution in [-0.4, -0.2) is 29.2 Å². The van der Waals surface area contributed by atoms with Gasteiger partial charge in [0.2, 0.25) is 5.91 Å². The first-order valence-electron chi connectivity index (χ1n) is 9.23. The Bertz CT molecular complexity index is 1050. The standard InChI is InChI=1S/C21H22N6O2S/c22-9-8-15(13-4-2-1-3-5-13)19(28)26-14-6-7-17(23)16(12-14)18(24)27-20(29)21-25-10-11-30-21/h1-7,10-12,15H,8-9,22-23H2,(H,26,28)(H2,24,27,29). The molecule has 30 heavy (non-hydrogen) atoms. The second-order valence-corrected chi connectivity index (χ2v) is 7.37. The molecule has 1 heterocycles. The fourth-order valence-electron chi connectivity index (χ4n) is 2.93. The highest BCUT2D eigenvalue weighted by molar-refractivity contribution is 7.11.